The van der Waals surface area contributed by atoms with Crippen LogP contribution >= 0.6 is 12.2 Å². The number of imidazole rings is 1. The van der Waals surface area contributed by atoms with Gasteiger partial charge in [-0.25, -0.2) is 0 Å². The summed E-state index contributed by atoms with van der Waals surface area (Å²) in [4.78, 5) is 10.8. The molecule has 4 nitrogen and oxygen atoms in total. The molecule has 0 spiro atoms. The highest BCUT2D eigenvalue weighted by Crippen LogP contribution is 1.95. The Morgan fingerprint density at radius 3 is 2.75 bits per heavy atom. The molecular formula is C7H10N2O2S. The fraction of sp³-hybridized carbons (Fsp3) is 0.429. The van der Waals surface area contributed by atoms with E-state index < -0.39 is 0 Å². The number of carbonyl (C=O) groups excluding carboxylic acids is 1. The third-order valence-corrected chi connectivity index (χ3v) is 2.07. The van der Waals surface area contributed by atoms with E-state index in [9.17, 15) is 4.79 Å². The molecule has 1 heterocycles. The molecule has 0 atom stereocenters. The summed E-state index contributed by atoms with van der Waals surface area (Å²) in [5.74, 6) is -0.294. The van der Waals surface area contributed by atoms with E-state index in [1.807, 2.05) is 7.05 Å². The van der Waals surface area contributed by atoms with E-state index in [0.29, 0.717) is 4.77 Å². The van der Waals surface area contributed by atoms with Crippen LogP contribution < -0.4 is 0 Å². The molecule has 1 rings (SSSR count). The van der Waals surface area contributed by atoms with Gasteiger partial charge in [0, 0.05) is 19.4 Å². The van der Waals surface area contributed by atoms with E-state index in [4.69, 9.17) is 12.2 Å². The monoisotopic (exact) mass is 186 g/mol. The lowest BCUT2D eigenvalue weighted by Gasteiger charge is -1.99. The van der Waals surface area contributed by atoms with E-state index in [-0.39, 0.29) is 12.5 Å². The Hall–Kier alpha value is -1.10. The van der Waals surface area contributed by atoms with Crippen molar-refractivity contribution < 1.29 is 9.53 Å². The Balaban J connectivity index is 2.83. The minimum absolute atomic E-state index is 0.177. The van der Waals surface area contributed by atoms with Gasteiger partial charge in [0.05, 0.1) is 7.11 Å². The van der Waals surface area contributed by atoms with Gasteiger partial charge in [-0.15, -0.1) is 0 Å². The van der Waals surface area contributed by atoms with Gasteiger partial charge < -0.3 is 13.9 Å². The van der Waals surface area contributed by atoms with Crippen molar-refractivity contribution in [3.05, 3.63) is 17.2 Å². The molecule has 0 saturated carbocycles. The Morgan fingerprint density at radius 2 is 2.33 bits per heavy atom. The number of esters is 1. The molecule has 0 N–H and O–H groups in total. The van der Waals surface area contributed by atoms with Crippen molar-refractivity contribution in [2.45, 2.75) is 6.54 Å². The van der Waals surface area contributed by atoms with Gasteiger partial charge in [0.1, 0.15) is 6.54 Å². The third-order valence-electron chi connectivity index (χ3n) is 1.54. The van der Waals surface area contributed by atoms with Crippen LogP contribution in [0.4, 0.5) is 0 Å². The van der Waals surface area contributed by atoms with Gasteiger partial charge in [0.25, 0.3) is 0 Å². The van der Waals surface area contributed by atoms with Crippen molar-refractivity contribution in [2.75, 3.05) is 7.11 Å². The number of hydrogen-bond acceptors (Lipinski definition) is 3. The summed E-state index contributed by atoms with van der Waals surface area (Å²) in [5, 5.41) is 0. The maximum absolute atomic E-state index is 10.8. The number of carbonyl (C=O) groups is 1. The smallest absolute Gasteiger partial charge is 0.325 e. The van der Waals surface area contributed by atoms with Crippen LogP contribution in [0, 0.1) is 4.77 Å². The summed E-state index contributed by atoms with van der Waals surface area (Å²) in [7, 11) is 3.19. The minimum atomic E-state index is -0.294. The van der Waals surface area contributed by atoms with Gasteiger partial charge in [-0.1, -0.05) is 0 Å². The number of nitrogens with zero attached hydrogens (tertiary/aromatic N) is 2. The van der Waals surface area contributed by atoms with E-state index in [1.54, 1.807) is 21.5 Å². The zero-order chi connectivity index (χ0) is 9.14. The third kappa shape index (κ3) is 1.73. The first-order valence-corrected chi connectivity index (χ1v) is 3.84. The summed E-state index contributed by atoms with van der Waals surface area (Å²) in [6, 6.07) is 0. The largest absolute Gasteiger partial charge is 0.468 e. The zero-order valence-corrected chi connectivity index (χ0v) is 7.80. The number of rotatable bonds is 2. The minimum Gasteiger partial charge on any atom is -0.468 e. The van der Waals surface area contributed by atoms with Crippen molar-refractivity contribution in [1.82, 2.24) is 9.13 Å². The average Bonchev–Trinajstić information content (AvgIpc) is 2.36. The van der Waals surface area contributed by atoms with E-state index in [1.165, 1.54) is 7.11 Å². The van der Waals surface area contributed by atoms with E-state index >= 15 is 0 Å². The van der Waals surface area contributed by atoms with Crippen LogP contribution in [0.1, 0.15) is 0 Å². The second-order valence-corrected chi connectivity index (χ2v) is 2.76. The normalized spacial score (nSPS) is 9.83. The Bertz CT molecular complexity index is 339. The van der Waals surface area contributed by atoms with E-state index in [2.05, 4.69) is 4.74 Å². The maximum atomic E-state index is 10.8. The van der Waals surface area contributed by atoms with Crippen LogP contribution in [0.5, 0.6) is 0 Å². The van der Waals surface area contributed by atoms with Crippen molar-refractivity contribution >= 4 is 18.2 Å². The standard InChI is InChI=1S/C7H10N2O2S/c1-8-3-4-9(7(8)12)5-6(10)11-2/h3-4H,5H2,1-2H3. The van der Waals surface area contributed by atoms with Crippen LogP contribution in [-0.2, 0) is 23.1 Å². The molecule has 0 aromatic carbocycles. The van der Waals surface area contributed by atoms with Crippen LogP contribution in [0.25, 0.3) is 0 Å². The first-order chi connectivity index (χ1) is 5.65. The second kappa shape index (κ2) is 3.53. The van der Waals surface area contributed by atoms with Gasteiger partial charge in [-0.05, 0) is 12.2 Å². The highest BCUT2D eigenvalue weighted by molar-refractivity contribution is 7.71. The number of ether oxygens (including phenoxy) is 1. The first kappa shape index (κ1) is 8.99. The van der Waals surface area contributed by atoms with E-state index in [0.717, 1.165) is 0 Å². The highest BCUT2D eigenvalue weighted by Gasteiger charge is 2.02. The number of aryl methyl sites for hydroxylation is 1. The van der Waals surface area contributed by atoms with Crippen molar-refractivity contribution in [2.24, 2.45) is 7.05 Å². The molecule has 5 heteroatoms. The lowest BCUT2D eigenvalue weighted by atomic mass is 10.6. The topological polar surface area (TPSA) is 36.2 Å². The summed E-state index contributed by atoms with van der Waals surface area (Å²) in [5.41, 5.74) is 0. The summed E-state index contributed by atoms with van der Waals surface area (Å²) < 4.78 is 8.53. The second-order valence-electron chi connectivity index (χ2n) is 2.40. The zero-order valence-electron chi connectivity index (χ0n) is 6.98. The van der Waals surface area contributed by atoms with Gasteiger partial charge in [-0.3, -0.25) is 4.79 Å². The summed E-state index contributed by atoms with van der Waals surface area (Å²) in [6.45, 7) is 0.177. The fourth-order valence-electron chi connectivity index (χ4n) is 0.835. The summed E-state index contributed by atoms with van der Waals surface area (Å²) in [6.07, 6.45) is 3.55. The summed E-state index contributed by atoms with van der Waals surface area (Å²) >= 11 is 5.01. The first-order valence-electron chi connectivity index (χ1n) is 3.43. The van der Waals surface area contributed by atoms with Gasteiger partial charge in [0.15, 0.2) is 4.77 Å². The molecule has 0 aliphatic heterocycles. The van der Waals surface area contributed by atoms with Gasteiger partial charge in [-0.2, -0.15) is 0 Å². The Morgan fingerprint density at radius 1 is 1.67 bits per heavy atom. The molecule has 0 aliphatic carbocycles. The van der Waals surface area contributed by atoms with Crippen LogP contribution in [0.3, 0.4) is 0 Å². The van der Waals surface area contributed by atoms with Crippen molar-refractivity contribution in [1.29, 1.82) is 0 Å². The van der Waals surface area contributed by atoms with Gasteiger partial charge >= 0.3 is 5.97 Å². The molecule has 12 heavy (non-hydrogen) atoms. The van der Waals surface area contributed by atoms with Crippen LogP contribution in [-0.4, -0.2) is 22.2 Å². The lowest BCUT2D eigenvalue weighted by molar-refractivity contribution is -0.141. The van der Waals surface area contributed by atoms with Crippen LogP contribution in [0.2, 0.25) is 0 Å². The molecule has 0 fully saturated rings. The highest BCUT2D eigenvalue weighted by atomic mass is 32.1. The molecule has 0 saturated heterocycles. The van der Waals surface area contributed by atoms with Crippen LogP contribution in [0.15, 0.2) is 12.4 Å². The Labute approximate surface area is 75.4 Å². The molecule has 0 aliphatic rings. The molecule has 66 valence electrons. The predicted molar refractivity (Wildman–Crippen MR) is 46.3 cm³/mol. The molecule has 0 amide bonds. The molecule has 0 bridgehead atoms. The predicted octanol–water partition coefficient (Wildman–Crippen LogP) is 0.729. The quantitative estimate of drug-likeness (QED) is 0.504. The van der Waals surface area contributed by atoms with Gasteiger partial charge in [0.2, 0.25) is 0 Å². The fourth-order valence-corrected chi connectivity index (χ4v) is 1.02. The average molecular weight is 186 g/mol. The number of aromatic nitrogens is 2. The number of methoxy groups -OCH3 is 1. The SMILES string of the molecule is COC(=O)Cn1ccn(C)c1=S. The molecule has 1 aromatic heterocycles. The van der Waals surface area contributed by atoms with Crippen molar-refractivity contribution in [3.63, 3.8) is 0 Å². The molecule has 1 aromatic rings. The number of hydrogen-bond donors (Lipinski definition) is 0. The molecular weight excluding hydrogens is 176 g/mol. The lowest BCUT2D eigenvalue weighted by Crippen LogP contribution is -2.11. The molecule has 0 unspecified atom stereocenters. The maximum Gasteiger partial charge on any atom is 0.325 e. The molecule has 0 radical (unpaired) electrons. The van der Waals surface area contributed by atoms with Crippen molar-refractivity contribution in [3.8, 4) is 0 Å². The Kier molecular flexibility index (Phi) is 2.65.